The van der Waals surface area contributed by atoms with Gasteiger partial charge in [-0.15, -0.1) is 0 Å². The van der Waals surface area contributed by atoms with Crippen molar-refractivity contribution in [1.29, 1.82) is 0 Å². The fourth-order valence-electron chi connectivity index (χ4n) is 1.95. The maximum Gasteiger partial charge on any atom is 0.244 e. The van der Waals surface area contributed by atoms with Crippen LogP contribution in [0.1, 0.15) is 39.8 Å². The van der Waals surface area contributed by atoms with Crippen molar-refractivity contribution in [2.75, 3.05) is 25.0 Å². The van der Waals surface area contributed by atoms with E-state index in [1.807, 2.05) is 34.6 Å². The molecule has 1 atom stereocenters. The third-order valence-corrected chi connectivity index (χ3v) is 3.08. The molecule has 1 amide bonds. The van der Waals surface area contributed by atoms with E-state index in [4.69, 9.17) is 4.74 Å². The fraction of sp³-hybridized carbons (Fsp3) is 0.667. The Morgan fingerprint density at radius 2 is 2.00 bits per heavy atom. The van der Waals surface area contributed by atoms with Gasteiger partial charge in [0.1, 0.15) is 6.04 Å². The Hall–Kier alpha value is -1.85. The normalized spacial score (nSPS) is 11.9. The highest BCUT2D eigenvalue weighted by atomic mass is 16.5. The molecule has 1 aromatic rings. The molecule has 0 saturated carbocycles. The Bertz CT molecular complexity index is 461. The van der Waals surface area contributed by atoms with E-state index in [0.717, 1.165) is 12.1 Å². The zero-order valence-electron chi connectivity index (χ0n) is 13.6. The van der Waals surface area contributed by atoms with E-state index in [0.29, 0.717) is 31.5 Å². The highest BCUT2D eigenvalue weighted by Crippen LogP contribution is 2.13. The number of hydrogen-bond acceptors (Lipinski definition) is 5. The number of nitrogens with one attached hydrogen (secondary N) is 1. The van der Waals surface area contributed by atoms with E-state index >= 15 is 0 Å². The van der Waals surface area contributed by atoms with Crippen LogP contribution in [0, 0.1) is 6.92 Å². The predicted molar refractivity (Wildman–Crippen MR) is 83.6 cm³/mol. The lowest BCUT2D eigenvalue weighted by molar-refractivity contribution is -0.131. The summed E-state index contributed by atoms with van der Waals surface area (Å²) in [5.41, 5.74) is 0.807. The molecule has 0 aromatic carbocycles. The van der Waals surface area contributed by atoms with Gasteiger partial charge in [-0.25, -0.2) is 4.98 Å². The smallest absolute Gasteiger partial charge is 0.244 e. The number of amides is 1. The quantitative estimate of drug-likeness (QED) is 0.796. The van der Waals surface area contributed by atoms with Crippen molar-refractivity contribution in [3.05, 3.63) is 11.8 Å². The Balaban J connectivity index is 2.77. The van der Waals surface area contributed by atoms with Gasteiger partial charge in [0.2, 0.25) is 17.7 Å². The lowest BCUT2D eigenvalue weighted by Gasteiger charge is -2.23. The van der Waals surface area contributed by atoms with Crippen molar-refractivity contribution < 1.29 is 9.53 Å². The van der Waals surface area contributed by atoms with Gasteiger partial charge in [0, 0.05) is 24.8 Å². The van der Waals surface area contributed by atoms with Gasteiger partial charge in [0.05, 0.1) is 6.61 Å². The number of ether oxygens (including phenoxy) is 1. The first-order valence-electron chi connectivity index (χ1n) is 7.55. The summed E-state index contributed by atoms with van der Waals surface area (Å²) in [6, 6.07) is 1.42. The number of anilines is 1. The lowest BCUT2D eigenvalue weighted by atomic mass is 10.3. The number of aromatic nitrogens is 2. The summed E-state index contributed by atoms with van der Waals surface area (Å²) in [5, 5.41) is 3.05. The highest BCUT2D eigenvalue weighted by Gasteiger charge is 2.19. The Morgan fingerprint density at radius 3 is 2.57 bits per heavy atom. The predicted octanol–water partition coefficient (Wildman–Crippen LogP) is 2.24. The summed E-state index contributed by atoms with van der Waals surface area (Å²) in [5.74, 6) is 1.00. The number of rotatable bonds is 8. The van der Waals surface area contributed by atoms with Crippen LogP contribution in [0.5, 0.6) is 5.88 Å². The van der Waals surface area contributed by atoms with Crippen LogP contribution < -0.4 is 10.1 Å². The third-order valence-electron chi connectivity index (χ3n) is 3.08. The molecule has 6 nitrogen and oxygen atoms in total. The minimum absolute atomic E-state index is 0.0427. The molecule has 0 aliphatic heterocycles. The van der Waals surface area contributed by atoms with Gasteiger partial charge in [0.25, 0.3) is 0 Å². The van der Waals surface area contributed by atoms with Crippen LogP contribution in [0.4, 0.5) is 5.95 Å². The van der Waals surface area contributed by atoms with Gasteiger partial charge in [-0.1, -0.05) is 6.92 Å². The van der Waals surface area contributed by atoms with Crippen LogP contribution in [0.2, 0.25) is 0 Å². The van der Waals surface area contributed by atoms with Gasteiger partial charge in [-0.05, 0) is 34.1 Å². The number of likely N-dealkylation sites (N-methyl/N-ethyl adjacent to an activating group) is 1. The second-order valence-electron chi connectivity index (χ2n) is 4.90. The summed E-state index contributed by atoms with van der Waals surface area (Å²) in [6.45, 7) is 11.7. The molecule has 0 bridgehead atoms. The first-order valence-corrected chi connectivity index (χ1v) is 7.55. The van der Waals surface area contributed by atoms with Crippen molar-refractivity contribution in [2.45, 2.75) is 47.1 Å². The van der Waals surface area contributed by atoms with Gasteiger partial charge in [-0.2, -0.15) is 4.98 Å². The van der Waals surface area contributed by atoms with Gasteiger partial charge in [-0.3, -0.25) is 4.79 Å². The highest BCUT2D eigenvalue weighted by molar-refractivity contribution is 5.83. The molecule has 0 radical (unpaired) electrons. The van der Waals surface area contributed by atoms with Crippen molar-refractivity contribution in [3.8, 4) is 5.88 Å². The molecule has 1 unspecified atom stereocenters. The monoisotopic (exact) mass is 294 g/mol. The third kappa shape index (κ3) is 5.21. The first kappa shape index (κ1) is 17.2. The molecule has 1 rings (SSSR count). The summed E-state index contributed by atoms with van der Waals surface area (Å²) >= 11 is 0. The molecular formula is C15H26N4O2. The molecule has 1 N–H and O–H groups in total. The number of carbonyl (C=O) groups excluding carboxylic acids is 1. The van der Waals surface area contributed by atoms with Crippen LogP contribution in [0.25, 0.3) is 0 Å². The van der Waals surface area contributed by atoms with Gasteiger partial charge >= 0.3 is 0 Å². The van der Waals surface area contributed by atoms with E-state index < -0.39 is 0 Å². The average molecular weight is 294 g/mol. The van der Waals surface area contributed by atoms with Crippen molar-refractivity contribution >= 4 is 11.9 Å². The molecule has 6 heteroatoms. The zero-order chi connectivity index (χ0) is 15.8. The molecule has 0 fully saturated rings. The number of carbonyl (C=O) groups is 1. The van der Waals surface area contributed by atoms with Crippen molar-refractivity contribution in [3.63, 3.8) is 0 Å². The minimum Gasteiger partial charge on any atom is -0.478 e. The van der Waals surface area contributed by atoms with E-state index in [2.05, 4.69) is 15.3 Å². The van der Waals surface area contributed by atoms with Crippen LogP contribution in [-0.4, -0.2) is 46.5 Å². The molecule has 0 spiro atoms. The molecular weight excluding hydrogens is 268 g/mol. The standard InChI is InChI=1S/C15H26N4O2/c1-6-9-21-13-10-11(4)16-15(18-13)17-12(5)14(20)19(7-2)8-3/h10,12H,6-9H2,1-5H3,(H,16,17,18). The second kappa shape index (κ2) is 8.44. The second-order valence-corrected chi connectivity index (χ2v) is 4.90. The fourth-order valence-corrected chi connectivity index (χ4v) is 1.95. The van der Waals surface area contributed by atoms with E-state index in [1.165, 1.54) is 0 Å². The van der Waals surface area contributed by atoms with Crippen LogP contribution in [0.3, 0.4) is 0 Å². The Morgan fingerprint density at radius 1 is 1.33 bits per heavy atom. The largest absolute Gasteiger partial charge is 0.478 e. The van der Waals surface area contributed by atoms with Gasteiger partial charge < -0.3 is 15.0 Å². The van der Waals surface area contributed by atoms with Crippen molar-refractivity contribution in [1.82, 2.24) is 14.9 Å². The molecule has 1 heterocycles. The minimum atomic E-state index is -0.370. The summed E-state index contributed by atoms with van der Waals surface area (Å²) in [6.07, 6.45) is 0.919. The molecule has 1 aromatic heterocycles. The SMILES string of the molecule is CCCOc1cc(C)nc(NC(C)C(=O)N(CC)CC)n1. The van der Waals surface area contributed by atoms with E-state index in [-0.39, 0.29) is 11.9 Å². The maximum absolute atomic E-state index is 12.2. The molecule has 0 aliphatic carbocycles. The Labute approximate surface area is 126 Å². The lowest BCUT2D eigenvalue weighted by Crippen LogP contribution is -2.41. The van der Waals surface area contributed by atoms with Gasteiger partial charge in [0.15, 0.2) is 0 Å². The summed E-state index contributed by atoms with van der Waals surface area (Å²) in [7, 11) is 0. The molecule has 0 aliphatic rings. The molecule has 118 valence electrons. The van der Waals surface area contributed by atoms with E-state index in [1.54, 1.807) is 11.0 Å². The molecule has 21 heavy (non-hydrogen) atoms. The summed E-state index contributed by atoms with van der Waals surface area (Å²) < 4.78 is 5.52. The topological polar surface area (TPSA) is 67.3 Å². The average Bonchev–Trinajstić information content (AvgIpc) is 2.45. The Kier molecular flexibility index (Phi) is 6.91. The maximum atomic E-state index is 12.2. The van der Waals surface area contributed by atoms with Crippen molar-refractivity contribution in [2.24, 2.45) is 0 Å². The number of nitrogens with zero attached hydrogens (tertiary/aromatic N) is 3. The van der Waals surface area contributed by atoms with Crippen LogP contribution in [0.15, 0.2) is 6.07 Å². The number of aryl methyl sites for hydroxylation is 1. The van der Waals surface area contributed by atoms with Crippen LogP contribution >= 0.6 is 0 Å². The molecule has 0 saturated heterocycles. The summed E-state index contributed by atoms with van der Waals surface area (Å²) in [4.78, 5) is 22.6. The zero-order valence-corrected chi connectivity index (χ0v) is 13.6. The first-order chi connectivity index (χ1) is 10.0. The van der Waals surface area contributed by atoms with E-state index in [9.17, 15) is 4.79 Å². The number of hydrogen-bond donors (Lipinski definition) is 1. The van der Waals surface area contributed by atoms with Crippen LogP contribution in [-0.2, 0) is 4.79 Å².